The Bertz CT molecular complexity index is 1070. The molecule has 2 aliphatic rings. The molecule has 9 heteroatoms. The Morgan fingerprint density at radius 1 is 1.03 bits per heavy atom. The fourth-order valence-corrected chi connectivity index (χ4v) is 5.43. The van der Waals surface area contributed by atoms with E-state index in [9.17, 15) is 22.0 Å². The normalized spacial score (nSPS) is 17.4. The first kappa shape index (κ1) is 21.9. The van der Waals surface area contributed by atoms with Crippen molar-refractivity contribution in [1.29, 1.82) is 0 Å². The molecule has 2 heterocycles. The molecule has 2 aromatic rings. The largest absolute Gasteiger partial charge is 0.379 e. The van der Waals surface area contributed by atoms with Crippen LogP contribution < -0.4 is 4.90 Å². The van der Waals surface area contributed by atoms with E-state index in [-0.39, 0.29) is 17.2 Å². The Morgan fingerprint density at radius 2 is 1.74 bits per heavy atom. The van der Waals surface area contributed by atoms with Crippen LogP contribution in [-0.2, 0) is 32.4 Å². The fraction of sp³-hybridized carbons (Fsp3) is 0.409. The maximum absolute atomic E-state index is 14.1. The van der Waals surface area contributed by atoms with Crippen molar-refractivity contribution in [2.45, 2.75) is 30.6 Å². The predicted molar refractivity (Wildman–Crippen MR) is 111 cm³/mol. The van der Waals surface area contributed by atoms with E-state index in [0.29, 0.717) is 63.4 Å². The van der Waals surface area contributed by atoms with E-state index >= 15 is 0 Å². The van der Waals surface area contributed by atoms with Crippen molar-refractivity contribution in [2.24, 2.45) is 0 Å². The van der Waals surface area contributed by atoms with Gasteiger partial charge in [0.15, 0.2) is 0 Å². The molecule has 2 aliphatic heterocycles. The molecule has 31 heavy (non-hydrogen) atoms. The molecule has 0 aliphatic carbocycles. The number of morpholine rings is 1. The summed E-state index contributed by atoms with van der Waals surface area (Å²) in [5, 5.41) is 0. The predicted octanol–water partition coefficient (Wildman–Crippen LogP) is 2.90. The van der Waals surface area contributed by atoms with Crippen LogP contribution in [0, 0.1) is 11.6 Å². The second-order valence-corrected chi connectivity index (χ2v) is 9.63. The van der Waals surface area contributed by atoms with Crippen molar-refractivity contribution in [1.82, 2.24) is 4.31 Å². The summed E-state index contributed by atoms with van der Waals surface area (Å²) in [6, 6.07) is 8.55. The number of hydrogen-bond acceptors (Lipinski definition) is 4. The number of nitrogens with zero attached hydrogens (tertiary/aromatic N) is 2. The van der Waals surface area contributed by atoms with Crippen LogP contribution in [0.25, 0.3) is 0 Å². The lowest BCUT2D eigenvalue weighted by Gasteiger charge is -2.30. The van der Waals surface area contributed by atoms with Gasteiger partial charge in [0.1, 0.15) is 11.6 Å². The third-order valence-corrected chi connectivity index (χ3v) is 7.61. The number of anilines is 1. The fourth-order valence-electron chi connectivity index (χ4n) is 4.02. The van der Waals surface area contributed by atoms with Gasteiger partial charge in [-0.25, -0.2) is 17.2 Å². The number of hydrogen-bond donors (Lipinski definition) is 0. The van der Waals surface area contributed by atoms with E-state index < -0.39 is 21.7 Å². The minimum atomic E-state index is -3.56. The average Bonchev–Trinajstić information content (AvgIpc) is 2.78. The number of carbonyl (C=O) groups is 1. The molecule has 0 unspecified atom stereocenters. The molecule has 4 rings (SSSR count). The van der Waals surface area contributed by atoms with Crippen molar-refractivity contribution in [2.75, 3.05) is 37.7 Å². The van der Waals surface area contributed by atoms with Crippen molar-refractivity contribution < 1.29 is 26.7 Å². The Hall–Kier alpha value is -2.36. The molecule has 0 aromatic heterocycles. The smallest absolute Gasteiger partial charge is 0.243 e. The lowest BCUT2D eigenvalue weighted by Crippen LogP contribution is -2.40. The third-order valence-electron chi connectivity index (χ3n) is 5.70. The Kier molecular flexibility index (Phi) is 6.36. The van der Waals surface area contributed by atoms with Gasteiger partial charge in [-0.15, -0.1) is 0 Å². The number of halogens is 2. The van der Waals surface area contributed by atoms with E-state index in [0.717, 1.165) is 11.6 Å². The SMILES string of the molecule is O=C(CCc1ccc(S(=O)(=O)N2CCOCC2)cc1)N1CCCc2c(F)cc(F)cc21. The summed E-state index contributed by atoms with van der Waals surface area (Å²) in [6.07, 6.45) is 1.66. The van der Waals surface area contributed by atoms with Crippen molar-refractivity contribution in [3.63, 3.8) is 0 Å². The number of carbonyl (C=O) groups excluding carboxylic acids is 1. The minimum Gasteiger partial charge on any atom is -0.379 e. The van der Waals surface area contributed by atoms with Crippen LogP contribution in [0.4, 0.5) is 14.5 Å². The molecule has 0 N–H and O–H groups in total. The summed E-state index contributed by atoms with van der Waals surface area (Å²) in [5.41, 5.74) is 1.50. The number of amides is 1. The van der Waals surface area contributed by atoms with Gasteiger partial charge in [-0.05, 0) is 43.0 Å². The first-order valence-electron chi connectivity index (χ1n) is 10.3. The molecule has 0 atom stereocenters. The lowest BCUT2D eigenvalue weighted by molar-refractivity contribution is -0.118. The van der Waals surface area contributed by atoms with Crippen LogP contribution in [0.3, 0.4) is 0 Å². The maximum Gasteiger partial charge on any atom is 0.243 e. The number of ether oxygens (including phenoxy) is 1. The van der Waals surface area contributed by atoms with Gasteiger partial charge in [-0.1, -0.05) is 12.1 Å². The van der Waals surface area contributed by atoms with Gasteiger partial charge in [-0.2, -0.15) is 4.31 Å². The highest BCUT2D eigenvalue weighted by Crippen LogP contribution is 2.31. The molecule has 2 aromatic carbocycles. The summed E-state index contributed by atoms with van der Waals surface area (Å²) in [5.74, 6) is -1.53. The molecule has 1 amide bonds. The van der Waals surface area contributed by atoms with Gasteiger partial charge in [0.2, 0.25) is 15.9 Å². The Labute approximate surface area is 180 Å². The zero-order valence-electron chi connectivity index (χ0n) is 17.0. The molecule has 0 radical (unpaired) electrons. The molecule has 166 valence electrons. The molecule has 0 spiro atoms. The highest BCUT2D eigenvalue weighted by Gasteiger charge is 2.27. The van der Waals surface area contributed by atoms with Crippen LogP contribution in [0.5, 0.6) is 0 Å². The van der Waals surface area contributed by atoms with Crippen molar-refractivity contribution in [3.05, 3.63) is 59.2 Å². The van der Waals surface area contributed by atoms with E-state index in [1.54, 1.807) is 24.3 Å². The first-order valence-corrected chi connectivity index (χ1v) is 11.8. The van der Waals surface area contributed by atoms with Crippen LogP contribution in [0.1, 0.15) is 24.0 Å². The molecule has 0 saturated carbocycles. The monoisotopic (exact) mass is 450 g/mol. The first-order chi connectivity index (χ1) is 14.9. The van der Waals surface area contributed by atoms with Gasteiger partial charge < -0.3 is 9.64 Å². The van der Waals surface area contributed by atoms with Gasteiger partial charge in [0.25, 0.3) is 0 Å². The molecular formula is C22H24F2N2O4S. The van der Waals surface area contributed by atoms with Crippen LogP contribution in [-0.4, -0.2) is 51.5 Å². The summed E-state index contributed by atoms with van der Waals surface area (Å²) >= 11 is 0. The number of sulfonamides is 1. The number of rotatable bonds is 5. The van der Waals surface area contributed by atoms with Crippen molar-refractivity contribution in [3.8, 4) is 0 Å². The van der Waals surface area contributed by atoms with Crippen LogP contribution in [0.15, 0.2) is 41.3 Å². The summed E-state index contributed by atoms with van der Waals surface area (Å²) < 4.78 is 59.7. The summed E-state index contributed by atoms with van der Waals surface area (Å²) in [7, 11) is -3.56. The average molecular weight is 451 g/mol. The van der Waals surface area contributed by atoms with Gasteiger partial charge in [0.05, 0.1) is 23.8 Å². The van der Waals surface area contributed by atoms with E-state index in [1.807, 2.05) is 0 Å². The molecule has 6 nitrogen and oxygen atoms in total. The minimum absolute atomic E-state index is 0.160. The highest BCUT2D eigenvalue weighted by molar-refractivity contribution is 7.89. The van der Waals surface area contributed by atoms with Gasteiger partial charge in [0, 0.05) is 37.7 Å². The Morgan fingerprint density at radius 3 is 2.45 bits per heavy atom. The highest BCUT2D eigenvalue weighted by atomic mass is 32.2. The molecule has 1 fully saturated rings. The zero-order valence-corrected chi connectivity index (χ0v) is 17.8. The van der Waals surface area contributed by atoms with Gasteiger partial charge >= 0.3 is 0 Å². The quantitative estimate of drug-likeness (QED) is 0.703. The topological polar surface area (TPSA) is 66.9 Å². The standard InChI is InChI=1S/C22H24F2N2O4S/c23-17-14-20(24)19-2-1-9-26(21(19)15-17)22(27)8-5-16-3-6-18(7-4-16)31(28,29)25-10-12-30-13-11-25/h3-4,6-7,14-15H,1-2,5,8-13H2. The van der Waals surface area contributed by atoms with E-state index in [4.69, 9.17) is 4.74 Å². The summed E-state index contributed by atoms with van der Waals surface area (Å²) in [6.45, 7) is 1.85. The summed E-state index contributed by atoms with van der Waals surface area (Å²) in [4.78, 5) is 14.4. The van der Waals surface area contributed by atoms with Crippen LogP contribution >= 0.6 is 0 Å². The van der Waals surface area contributed by atoms with E-state index in [1.165, 1.54) is 15.3 Å². The van der Waals surface area contributed by atoms with Crippen molar-refractivity contribution >= 4 is 21.6 Å². The second kappa shape index (κ2) is 9.02. The Balaban J connectivity index is 1.42. The zero-order chi connectivity index (χ0) is 22.0. The maximum atomic E-state index is 14.1. The molecule has 0 bridgehead atoms. The molecule has 1 saturated heterocycles. The number of aryl methyl sites for hydroxylation is 1. The second-order valence-electron chi connectivity index (χ2n) is 7.69. The lowest BCUT2D eigenvalue weighted by atomic mass is 10.00. The molecular weight excluding hydrogens is 426 g/mol. The number of benzene rings is 2. The van der Waals surface area contributed by atoms with E-state index in [2.05, 4.69) is 0 Å². The van der Waals surface area contributed by atoms with Gasteiger partial charge in [-0.3, -0.25) is 4.79 Å². The third kappa shape index (κ3) is 4.63. The number of fused-ring (bicyclic) bond motifs is 1. The van der Waals surface area contributed by atoms with Crippen LogP contribution in [0.2, 0.25) is 0 Å².